The largest absolute Gasteiger partial charge is 0.391 e. The van der Waals surface area contributed by atoms with Crippen molar-refractivity contribution < 1.29 is 9.50 Å². The fraction of sp³-hybridized carbons (Fsp3) is 0.625. The molecule has 2 fully saturated rings. The lowest BCUT2D eigenvalue weighted by Crippen LogP contribution is -2.43. The fourth-order valence-electron chi connectivity index (χ4n) is 2.81. The Bertz CT molecular complexity index is 476. The third kappa shape index (κ3) is 3.13. The lowest BCUT2D eigenvalue weighted by Gasteiger charge is -2.37. The molecule has 0 amide bonds. The molecule has 0 bridgehead atoms. The second kappa shape index (κ2) is 5.70. The second-order valence-electron chi connectivity index (χ2n) is 6.21. The van der Waals surface area contributed by atoms with Crippen LogP contribution < -0.4 is 10.2 Å². The van der Waals surface area contributed by atoms with Gasteiger partial charge in [-0.1, -0.05) is 6.92 Å². The van der Waals surface area contributed by atoms with Crippen molar-refractivity contribution in [3.05, 3.63) is 29.6 Å². The van der Waals surface area contributed by atoms with Crippen LogP contribution in [0.5, 0.6) is 0 Å². The average molecular weight is 278 g/mol. The van der Waals surface area contributed by atoms with Gasteiger partial charge in [0.15, 0.2) is 0 Å². The van der Waals surface area contributed by atoms with E-state index in [9.17, 15) is 9.50 Å². The quantitative estimate of drug-likeness (QED) is 0.887. The summed E-state index contributed by atoms with van der Waals surface area (Å²) in [4.78, 5) is 2.19. The van der Waals surface area contributed by atoms with Crippen LogP contribution in [0.25, 0.3) is 0 Å². The second-order valence-corrected chi connectivity index (χ2v) is 6.21. The molecule has 0 spiro atoms. The summed E-state index contributed by atoms with van der Waals surface area (Å²) in [5, 5.41) is 13.5. The van der Waals surface area contributed by atoms with Gasteiger partial charge in [0.2, 0.25) is 0 Å². The van der Waals surface area contributed by atoms with E-state index in [0.717, 1.165) is 24.2 Å². The van der Waals surface area contributed by atoms with Crippen LogP contribution in [0.2, 0.25) is 0 Å². The van der Waals surface area contributed by atoms with Crippen molar-refractivity contribution in [2.24, 2.45) is 5.92 Å². The number of nitrogens with one attached hydrogen (secondary N) is 1. The minimum Gasteiger partial charge on any atom is -0.391 e. The number of hydrogen-bond donors (Lipinski definition) is 2. The molecule has 2 N–H and O–H groups in total. The molecule has 0 radical (unpaired) electrons. The number of nitrogens with zero attached hydrogens (tertiary/aromatic N) is 1. The number of anilines is 1. The summed E-state index contributed by atoms with van der Waals surface area (Å²) < 4.78 is 13.5. The Hall–Kier alpha value is -1.13. The van der Waals surface area contributed by atoms with Crippen LogP contribution in [0, 0.1) is 11.7 Å². The van der Waals surface area contributed by atoms with Crippen LogP contribution in [0.15, 0.2) is 18.2 Å². The van der Waals surface area contributed by atoms with Crippen LogP contribution in [0.1, 0.15) is 31.7 Å². The zero-order chi connectivity index (χ0) is 14.1. The third-order valence-electron chi connectivity index (χ3n) is 4.46. The minimum atomic E-state index is -0.293. The molecule has 1 heterocycles. The molecular formula is C16H23FN2O. The molecule has 1 aromatic rings. The fourth-order valence-corrected chi connectivity index (χ4v) is 2.81. The highest BCUT2D eigenvalue weighted by molar-refractivity contribution is 5.54. The van der Waals surface area contributed by atoms with Crippen LogP contribution >= 0.6 is 0 Å². The standard InChI is InChI=1S/C16H23FN2O/c1-11-6-7-19(10-16(11)20)15-5-2-13(17)8-12(15)9-18-14-3-4-14/h2,5,8,11,14,16,18,20H,3-4,6-7,9-10H2,1H3. The van der Waals surface area contributed by atoms with Crippen molar-refractivity contribution >= 4 is 5.69 Å². The van der Waals surface area contributed by atoms with Gasteiger partial charge in [-0.2, -0.15) is 0 Å². The summed E-state index contributed by atoms with van der Waals surface area (Å²) in [6.45, 7) is 4.37. The molecule has 20 heavy (non-hydrogen) atoms. The summed E-state index contributed by atoms with van der Waals surface area (Å²) in [5.41, 5.74) is 2.06. The van der Waals surface area contributed by atoms with Gasteiger partial charge >= 0.3 is 0 Å². The first-order chi connectivity index (χ1) is 9.63. The normalized spacial score (nSPS) is 26.9. The van der Waals surface area contributed by atoms with E-state index < -0.39 is 0 Å². The van der Waals surface area contributed by atoms with Crippen LogP contribution in [-0.2, 0) is 6.54 Å². The predicted octanol–water partition coefficient (Wildman–Crippen LogP) is 2.28. The Balaban J connectivity index is 1.76. The summed E-state index contributed by atoms with van der Waals surface area (Å²) >= 11 is 0. The van der Waals surface area contributed by atoms with E-state index in [1.54, 1.807) is 6.07 Å². The average Bonchev–Trinajstić information content (AvgIpc) is 3.24. The summed E-state index contributed by atoms with van der Waals surface area (Å²) in [7, 11) is 0. The molecule has 0 aromatic heterocycles. The molecule has 2 aliphatic rings. The number of β-amino-alcohol motifs (C(OH)–C–C–N with tert-alkyl or cyclic N) is 1. The van der Waals surface area contributed by atoms with E-state index in [1.807, 2.05) is 6.07 Å². The Labute approximate surface area is 119 Å². The number of piperidine rings is 1. The number of halogens is 1. The molecule has 4 heteroatoms. The number of hydrogen-bond acceptors (Lipinski definition) is 3. The number of aliphatic hydroxyl groups excluding tert-OH is 1. The molecule has 110 valence electrons. The topological polar surface area (TPSA) is 35.5 Å². The molecular weight excluding hydrogens is 255 g/mol. The summed E-state index contributed by atoms with van der Waals surface area (Å²) in [6.07, 6.45) is 3.14. The summed E-state index contributed by atoms with van der Waals surface area (Å²) in [6, 6.07) is 5.59. The Kier molecular flexibility index (Phi) is 3.94. The number of aliphatic hydroxyl groups is 1. The Morgan fingerprint density at radius 3 is 2.85 bits per heavy atom. The van der Waals surface area contributed by atoms with E-state index >= 15 is 0 Å². The van der Waals surface area contributed by atoms with Gasteiger partial charge in [-0.3, -0.25) is 0 Å². The monoisotopic (exact) mass is 278 g/mol. The lowest BCUT2D eigenvalue weighted by molar-refractivity contribution is 0.103. The van der Waals surface area contributed by atoms with Crippen molar-refractivity contribution in [2.75, 3.05) is 18.0 Å². The molecule has 1 aliphatic heterocycles. The van der Waals surface area contributed by atoms with Crippen LogP contribution in [0.3, 0.4) is 0 Å². The highest BCUT2D eigenvalue weighted by Gasteiger charge is 2.26. The van der Waals surface area contributed by atoms with Gasteiger partial charge in [-0.05, 0) is 48.9 Å². The third-order valence-corrected chi connectivity index (χ3v) is 4.46. The van der Waals surface area contributed by atoms with E-state index in [2.05, 4.69) is 17.1 Å². The van der Waals surface area contributed by atoms with E-state index in [0.29, 0.717) is 25.0 Å². The van der Waals surface area contributed by atoms with Gasteiger partial charge in [0.1, 0.15) is 5.82 Å². The number of benzene rings is 1. The Morgan fingerprint density at radius 1 is 1.35 bits per heavy atom. The molecule has 1 saturated heterocycles. The first-order valence-electron chi connectivity index (χ1n) is 7.58. The van der Waals surface area contributed by atoms with Crippen molar-refractivity contribution in [3.8, 4) is 0 Å². The predicted molar refractivity (Wildman–Crippen MR) is 78.3 cm³/mol. The van der Waals surface area contributed by atoms with Crippen molar-refractivity contribution in [1.82, 2.24) is 5.32 Å². The van der Waals surface area contributed by atoms with Gasteiger partial charge in [0.25, 0.3) is 0 Å². The van der Waals surface area contributed by atoms with Gasteiger partial charge in [0, 0.05) is 31.4 Å². The zero-order valence-corrected chi connectivity index (χ0v) is 12.0. The minimum absolute atomic E-state index is 0.188. The van der Waals surface area contributed by atoms with Crippen LogP contribution in [0.4, 0.5) is 10.1 Å². The highest BCUT2D eigenvalue weighted by atomic mass is 19.1. The summed E-state index contributed by atoms with van der Waals surface area (Å²) in [5.74, 6) is 0.159. The molecule has 1 aliphatic carbocycles. The SMILES string of the molecule is CC1CCN(c2ccc(F)cc2CNC2CC2)CC1O. The maximum Gasteiger partial charge on any atom is 0.123 e. The van der Waals surface area contributed by atoms with Crippen LogP contribution in [-0.4, -0.2) is 30.3 Å². The zero-order valence-electron chi connectivity index (χ0n) is 12.0. The highest BCUT2D eigenvalue weighted by Crippen LogP contribution is 2.28. The van der Waals surface area contributed by atoms with Crippen molar-refractivity contribution in [2.45, 2.75) is 44.9 Å². The maximum atomic E-state index is 13.5. The lowest BCUT2D eigenvalue weighted by atomic mass is 9.95. The molecule has 1 aromatic carbocycles. The Morgan fingerprint density at radius 2 is 2.15 bits per heavy atom. The molecule has 3 rings (SSSR count). The van der Waals surface area contributed by atoms with Crippen molar-refractivity contribution in [3.63, 3.8) is 0 Å². The molecule has 3 nitrogen and oxygen atoms in total. The first-order valence-corrected chi connectivity index (χ1v) is 7.58. The van der Waals surface area contributed by atoms with Gasteiger partial charge < -0.3 is 15.3 Å². The maximum absolute atomic E-state index is 13.5. The van der Waals surface area contributed by atoms with E-state index in [1.165, 1.54) is 18.9 Å². The molecule has 1 saturated carbocycles. The molecule has 2 atom stereocenters. The smallest absolute Gasteiger partial charge is 0.123 e. The van der Waals surface area contributed by atoms with Crippen molar-refractivity contribution in [1.29, 1.82) is 0 Å². The van der Waals surface area contributed by atoms with Gasteiger partial charge in [0.05, 0.1) is 6.10 Å². The van der Waals surface area contributed by atoms with E-state index in [4.69, 9.17) is 0 Å². The van der Waals surface area contributed by atoms with Gasteiger partial charge in [-0.15, -0.1) is 0 Å². The van der Waals surface area contributed by atoms with E-state index in [-0.39, 0.29) is 11.9 Å². The molecule has 2 unspecified atom stereocenters. The number of rotatable bonds is 4. The van der Waals surface area contributed by atoms with Gasteiger partial charge in [-0.25, -0.2) is 4.39 Å². The first kappa shape index (κ1) is 13.8.